The summed E-state index contributed by atoms with van der Waals surface area (Å²) in [4.78, 5) is 12.5. The number of hydrogen-bond acceptors (Lipinski definition) is 7. The number of alkyl halides is 3. The molecule has 0 saturated carbocycles. The van der Waals surface area contributed by atoms with Gasteiger partial charge in [0.2, 0.25) is 5.88 Å². The maximum atomic E-state index is 14.0. The summed E-state index contributed by atoms with van der Waals surface area (Å²) in [7, 11) is 0. The van der Waals surface area contributed by atoms with E-state index in [2.05, 4.69) is 0 Å². The van der Waals surface area contributed by atoms with Gasteiger partial charge in [-0.15, -0.1) is 0 Å². The van der Waals surface area contributed by atoms with Crippen LogP contribution in [0.5, 0.6) is 0 Å². The zero-order chi connectivity index (χ0) is 19.5. The molecule has 3 atom stereocenters. The summed E-state index contributed by atoms with van der Waals surface area (Å²) in [6.45, 7) is 2.13. The van der Waals surface area contributed by atoms with Crippen molar-refractivity contribution in [2.45, 2.75) is 31.7 Å². The van der Waals surface area contributed by atoms with Crippen LogP contribution in [0.1, 0.15) is 25.5 Å². The van der Waals surface area contributed by atoms with Gasteiger partial charge in [0.05, 0.1) is 18.8 Å². The Morgan fingerprint density at radius 3 is 2.58 bits per heavy atom. The van der Waals surface area contributed by atoms with E-state index in [9.17, 15) is 23.2 Å². The summed E-state index contributed by atoms with van der Waals surface area (Å²) in [5.74, 6) is -9.11. The Morgan fingerprint density at radius 2 is 2.12 bits per heavy atom. The van der Waals surface area contributed by atoms with Crippen LogP contribution in [0.25, 0.3) is 0 Å². The Hall–Kier alpha value is -2.67. The molecule has 1 aliphatic rings. The smallest absolute Gasteiger partial charge is 0.456 e. The van der Waals surface area contributed by atoms with Crippen LogP contribution in [0, 0.1) is 17.2 Å². The Morgan fingerprint density at radius 1 is 1.42 bits per heavy atom. The summed E-state index contributed by atoms with van der Waals surface area (Å²) in [6.07, 6.45) is -3.95. The molecule has 142 valence electrons. The van der Waals surface area contributed by atoms with Crippen molar-refractivity contribution < 1.29 is 36.6 Å². The minimum atomic E-state index is -5.16. The predicted molar refractivity (Wildman–Crippen MR) is 79.9 cm³/mol. The number of esters is 1. The fourth-order valence-electron chi connectivity index (χ4n) is 2.89. The number of nitriles is 1. The van der Waals surface area contributed by atoms with E-state index in [4.69, 9.17) is 24.4 Å². The quantitative estimate of drug-likeness (QED) is 0.789. The molecule has 0 aromatic carbocycles. The third-order valence-electron chi connectivity index (χ3n) is 3.85. The molecule has 0 aliphatic carbocycles. The molecule has 3 unspecified atom stereocenters. The molecule has 10 heteroatoms. The van der Waals surface area contributed by atoms with Crippen molar-refractivity contribution >= 4 is 5.97 Å². The average molecular weight is 374 g/mol. The van der Waals surface area contributed by atoms with Gasteiger partial charge < -0.3 is 24.4 Å². The lowest BCUT2D eigenvalue weighted by molar-refractivity contribution is -0.392. The molecule has 0 saturated heterocycles. The highest BCUT2D eigenvalue weighted by Gasteiger charge is 2.71. The third-order valence-corrected chi connectivity index (χ3v) is 3.85. The van der Waals surface area contributed by atoms with E-state index in [-0.39, 0.29) is 17.9 Å². The number of rotatable bonds is 5. The standard InChI is InChI=1S/C16H17F3N2O5/c1-3-23-14(22)12-11(10-6-5-7-24-10)9(8-20)13(21)26-15(12,25-4-2)16(17,18)19/h5-7,11-12H,3-4,21H2,1-2H3. The van der Waals surface area contributed by atoms with Gasteiger partial charge in [0, 0.05) is 6.61 Å². The second kappa shape index (κ2) is 7.29. The molecule has 1 aromatic heterocycles. The van der Waals surface area contributed by atoms with Crippen LogP contribution in [-0.4, -0.2) is 31.1 Å². The first kappa shape index (κ1) is 19.7. The first-order valence-corrected chi connectivity index (χ1v) is 7.72. The van der Waals surface area contributed by atoms with Crippen molar-refractivity contribution in [2.75, 3.05) is 13.2 Å². The normalized spacial score (nSPS) is 26.2. The Kier molecular flexibility index (Phi) is 5.51. The summed E-state index contributed by atoms with van der Waals surface area (Å²) in [5, 5.41) is 9.38. The molecule has 2 N–H and O–H groups in total. The third kappa shape index (κ3) is 3.10. The van der Waals surface area contributed by atoms with Crippen LogP contribution in [0.15, 0.2) is 34.3 Å². The van der Waals surface area contributed by atoms with Crippen molar-refractivity contribution in [3.8, 4) is 6.07 Å². The first-order valence-electron chi connectivity index (χ1n) is 7.72. The van der Waals surface area contributed by atoms with Crippen LogP contribution >= 0.6 is 0 Å². The van der Waals surface area contributed by atoms with Crippen molar-refractivity contribution in [3.05, 3.63) is 35.6 Å². The highest BCUT2D eigenvalue weighted by atomic mass is 19.4. The molecule has 7 nitrogen and oxygen atoms in total. The van der Waals surface area contributed by atoms with Gasteiger partial charge in [-0.25, -0.2) is 0 Å². The van der Waals surface area contributed by atoms with Crippen molar-refractivity contribution in [1.29, 1.82) is 5.26 Å². The van der Waals surface area contributed by atoms with Gasteiger partial charge in [0.1, 0.15) is 23.3 Å². The zero-order valence-electron chi connectivity index (χ0n) is 14.0. The van der Waals surface area contributed by atoms with E-state index in [0.29, 0.717) is 0 Å². The lowest BCUT2D eigenvalue weighted by Crippen LogP contribution is -2.62. The topological polar surface area (TPSA) is 108 Å². The molecule has 2 rings (SSSR count). The van der Waals surface area contributed by atoms with Crippen molar-refractivity contribution in [2.24, 2.45) is 11.7 Å². The maximum Gasteiger partial charge on any atom is 0.456 e. The number of nitrogens with two attached hydrogens (primary N) is 1. The van der Waals surface area contributed by atoms with E-state index >= 15 is 0 Å². The van der Waals surface area contributed by atoms with Gasteiger partial charge in [-0.1, -0.05) is 0 Å². The summed E-state index contributed by atoms with van der Waals surface area (Å²) in [5.41, 5.74) is 5.21. The summed E-state index contributed by atoms with van der Waals surface area (Å²) < 4.78 is 61.7. The van der Waals surface area contributed by atoms with Gasteiger partial charge in [-0.2, -0.15) is 18.4 Å². The van der Waals surface area contributed by atoms with Gasteiger partial charge in [-0.3, -0.25) is 4.79 Å². The first-order chi connectivity index (χ1) is 12.2. The number of carbonyl (C=O) groups is 1. The second-order valence-corrected chi connectivity index (χ2v) is 5.31. The van der Waals surface area contributed by atoms with Crippen LogP contribution in [0.3, 0.4) is 0 Å². The van der Waals surface area contributed by atoms with Crippen LogP contribution in [0.4, 0.5) is 13.2 Å². The number of allylic oxidation sites excluding steroid dienone is 1. The van der Waals surface area contributed by atoms with Gasteiger partial charge >= 0.3 is 17.9 Å². The van der Waals surface area contributed by atoms with E-state index in [1.165, 1.54) is 32.2 Å². The van der Waals surface area contributed by atoms with E-state index in [0.717, 1.165) is 0 Å². The number of ether oxygens (including phenoxy) is 3. The average Bonchev–Trinajstić information content (AvgIpc) is 3.07. The summed E-state index contributed by atoms with van der Waals surface area (Å²) in [6, 6.07) is 4.43. The molecule has 0 fully saturated rings. The fraction of sp³-hybridized carbons (Fsp3) is 0.500. The van der Waals surface area contributed by atoms with E-state index in [1.54, 1.807) is 6.07 Å². The highest BCUT2D eigenvalue weighted by molar-refractivity contribution is 5.77. The molecular weight excluding hydrogens is 357 g/mol. The number of furan rings is 1. The molecule has 1 aliphatic heterocycles. The predicted octanol–water partition coefficient (Wildman–Crippen LogP) is 2.56. The zero-order valence-corrected chi connectivity index (χ0v) is 14.0. The number of halogens is 3. The van der Waals surface area contributed by atoms with Crippen LogP contribution in [-0.2, 0) is 19.0 Å². The molecule has 26 heavy (non-hydrogen) atoms. The molecular formula is C16H17F3N2O5. The molecule has 0 amide bonds. The SMILES string of the molecule is CCOC(=O)C1C(c2ccco2)C(C#N)=C(N)OC1(OCC)C(F)(F)F. The van der Waals surface area contributed by atoms with E-state index in [1.807, 2.05) is 0 Å². The number of carbonyl (C=O) groups excluding carboxylic acids is 1. The minimum absolute atomic E-state index is 0.0702. The van der Waals surface area contributed by atoms with Gasteiger partial charge in [0.15, 0.2) is 0 Å². The number of nitrogens with zero attached hydrogens (tertiary/aromatic N) is 1. The largest absolute Gasteiger partial charge is 0.469 e. The molecule has 1 aromatic rings. The molecule has 0 radical (unpaired) electrons. The minimum Gasteiger partial charge on any atom is -0.469 e. The fourth-order valence-corrected chi connectivity index (χ4v) is 2.89. The van der Waals surface area contributed by atoms with E-state index < -0.39 is 42.3 Å². The van der Waals surface area contributed by atoms with Crippen LogP contribution in [0.2, 0.25) is 0 Å². The Bertz CT molecular complexity index is 723. The highest BCUT2D eigenvalue weighted by Crippen LogP contribution is 2.53. The lowest BCUT2D eigenvalue weighted by Gasteiger charge is -2.45. The number of hydrogen-bond donors (Lipinski definition) is 1. The van der Waals surface area contributed by atoms with Crippen molar-refractivity contribution in [1.82, 2.24) is 0 Å². The molecule has 0 bridgehead atoms. The second-order valence-electron chi connectivity index (χ2n) is 5.31. The maximum absolute atomic E-state index is 14.0. The summed E-state index contributed by atoms with van der Waals surface area (Å²) >= 11 is 0. The van der Waals surface area contributed by atoms with Gasteiger partial charge in [-0.05, 0) is 26.0 Å². The molecule has 0 spiro atoms. The lowest BCUT2D eigenvalue weighted by atomic mass is 9.76. The van der Waals surface area contributed by atoms with Crippen LogP contribution < -0.4 is 5.73 Å². The Balaban J connectivity index is 2.78. The van der Waals surface area contributed by atoms with Crippen molar-refractivity contribution in [3.63, 3.8) is 0 Å². The Labute approximate surface area is 147 Å². The van der Waals surface area contributed by atoms with Gasteiger partial charge in [0.25, 0.3) is 0 Å². The molecule has 2 heterocycles. The monoisotopic (exact) mass is 374 g/mol.